The third kappa shape index (κ3) is 3.60. The van der Waals surface area contributed by atoms with Crippen molar-refractivity contribution in [3.8, 4) is 0 Å². The van der Waals surface area contributed by atoms with Crippen LogP contribution in [0, 0.1) is 11.8 Å². The Kier molecular flexibility index (Phi) is 5.30. The van der Waals surface area contributed by atoms with Gasteiger partial charge in [0.2, 0.25) is 0 Å². The van der Waals surface area contributed by atoms with E-state index in [2.05, 4.69) is 0 Å². The summed E-state index contributed by atoms with van der Waals surface area (Å²) in [7, 11) is 0. The van der Waals surface area contributed by atoms with E-state index in [9.17, 15) is 4.79 Å². The molecule has 1 aliphatic rings. The molecule has 0 bridgehead atoms. The summed E-state index contributed by atoms with van der Waals surface area (Å²) in [6, 6.07) is 0. The highest BCUT2D eigenvalue weighted by Crippen LogP contribution is 2.29. The standard InChI is InChI=1S/C13H24O2/c1-4-15-13(12(14)10(2)3)11-8-6-5-7-9-11/h10-11,13H,4-9H2,1-3H3. The summed E-state index contributed by atoms with van der Waals surface area (Å²) < 4.78 is 5.66. The summed E-state index contributed by atoms with van der Waals surface area (Å²) >= 11 is 0. The van der Waals surface area contributed by atoms with Crippen LogP contribution in [0.2, 0.25) is 0 Å². The molecular weight excluding hydrogens is 188 g/mol. The molecule has 1 fully saturated rings. The number of ketones is 1. The lowest BCUT2D eigenvalue weighted by molar-refractivity contribution is -0.138. The lowest BCUT2D eigenvalue weighted by Gasteiger charge is -2.30. The number of rotatable bonds is 5. The molecule has 0 aromatic heterocycles. The predicted octanol–water partition coefficient (Wildman–Crippen LogP) is 3.20. The van der Waals surface area contributed by atoms with E-state index in [4.69, 9.17) is 4.74 Å². The van der Waals surface area contributed by atoms with Gasteiger partial charge >= 0.3 is 0 Å². The van der Waals surface area contributed by atoms with E-state index >= 15 is 0 Å². The highest BCUT2D eigenvalue weighted by Gasteiger charge is 2.30. The van der Waals surface area contributed by atoms with Crippen LogP contribution in [-0.4, -0.2) is 18.5 Å². The molecule has 1 aliphatic carbocycles. The summed E-state index contributed by atoms with van der Waals surface area (Å²) in [5.41, 5.74) is 0. The van der Waals surface area contributed by atoms with Crippen LogP contribution < -0.4 is 0 Å². The first-order valence-electron chi connectivity index (χ1n) is 6.32. The van der Waals surface area contributed by atoms with Crippen molar-refractivity contribution in [2.45, 2.75) is 59.0 Å². The van der Waals surface area contributed by atoms with Crippen LogP contribution in [0.3, 0.4) is 0 Å². The monoisotopic (exact) mass is 212 g/mol. The third-order valence-electron chi connectivity index (χ3n) is 3.27. The Bertz CT molecular complexity index is 193. The van der Waals surface area contributed by atoms with Crippen molar-refractivity contribution in [2.24, 2.45) is 11.8 Å². The molecule has 1 atom stereocenters. The topological polar surface area (TPSA) is 26.3 Å². The van der Waals surface area contributed by atoms with Gasteiger partial charge in [0.1, 0.15) is 6.10 Å². The second-order valence-electron chi connectivity index (χ2n) is 4.83. The molecule has 0 aromatic rings. The van der Waals surface area contributed by atoms with E-state index < -0.39 is 0 Å². The molecule has 0 radical (unpaired) electrons. The molecule has 2 heteroatoms. The smallest absolute Gasteiger partial charge is 0.164 e. The zero-order valence-corrected chi connectivity index (χ0v) is 10.3. The van der Waals surface area contributed by atoms with Crippen molar-refractivity contribution in [1.29, 1.82) is 0 Å². The summed E-state index contributed by atoms with van der Waals surface area (Å²) in [6.45, 7) is 6.57. The van der Waals surface area contributed by atoms with E-state index in [1.165, 1.54) is 32.1 Å². The Hall–Kier alpha value is -0.370. The quantitative estimate of drug-likeness (QED) is 0.699. The van der Waals surface area contributed by atoms with Crippen molar-refractivity contribution in [3.05, 3.63) is 0 Å². The first-order valence-corrected chi connectivity index (χ1v) is 6.32. The number of carbonyl (C=O) groups is 1. The summed E-state index contributed by atoms with van der Waals surface area (Å²) in [4.78, 5) is 12.0. The zero-order valence-electron chi connectivity index (χ0n) is 10.3. The fraction of sp³-hybridized carbons (Fsp3) is 0.923. The van der Waals surface area contributed by atoms with Gasteiger partial charge in [-0.1, -0.05) is 33.1 Å². The molecule has 0 N–H and O–H groups in total. The van der Waals surface area contributed by atoms with Crippen LogP contribution in [0.25, 0.3) is 0 Å². The van der Waals surface area contributed by atoms with Gasteiger partial charge in [-0.25, -0.2) is 0 Å². The molecule has 0 saturated heterocycles. The van der Waals surface area contributed by atoms with Crippen LogP contribution >= 0.6 is 0 Å². The summed E-state index contributed by atoms with van der Waals surface area (Å²) in [5, 5.41) is 0. The molecule has 1 rings (SSSR count). The molecule has 0 aliphatic heterocycles. The van der Waals surface area contributed by atoms with E-state index in [1.807, 2.05) is 20.8 Å². The van der Waals surface area contributed by atoms with Gasteiger partial charge in [0.15, 0.2) is 5.78 Å². The first-order chi connectivity index (χ1) is 7.16. The second-order valence-corrected chi connectivity index (χ2v) is 4.83. The van der Waals surface area contributed by atoms with Gasteiger partial charge < -0.3 is 4.74 Å². The van der Waals surface area contributed by atoms with E-state index in [1.54, 1.807) is 0 Å². The Balaban J connectivity index is 2.58. The summed E-state index contributed by atoms with van der Waals surface area (Å²) in [6.07, 6.45) is 6.06. The Morgan fingerprint density at radius 2 is 1.87 bits per heavy atom. The molecule has 0 aromatic carbocycles. The van der Waals surface area contributed by atoms with Crippen LogP contribution in [0.5, 0.6) is 0 Å². The van der Waals surface area contributed by atoms with Crippen molar-refractivity contribution >= 4 is 5.78 Å². The Labute approximate surface area is 93.4 Å². The highest BCUT2D eigenvalue weighted by atomic mass is 16.5. The molecule has 0 spiro atoms. The fourth-order valence-electron chi connectivity index (χ4n) is 2.40. The van der Waals surface area contributed by atoms with Gasteiger partial charge in [0.25, 0.3) is 0 Å². The number of hydrogen-bond donors (Lipinski definition) is 0. The number of carbonyl (C=O) groups excluding carboxylic acids is 1. The number of hydrogen-bond acceptors (Lipinski definition) is 2. The molecule has 1 saturated carbocycles. The van der Waals surface area contributed by atoms with Gasteiger partial charge in [-0.3, -0.25) is 4.79 Å². The molecule has 0 heterocycles. The predicted molar refractivity (Wildman–Crippen MR) is 61.8 cm³/mol. The second kappa shape index (κ2) is 6.26. The average Bonchev–Trinajstić information content (AvgIpc) is 2.26. The molecular formula is C13H24O2. The third-order valence-corrected chi connectivity index (χ3v) is 3.27. The van der Waals surface area contributed by atoms with Crippen molar-refractivity contribution in [2.75, 3.05) is 6.61 Å². The molecule has 88 valence electrons. The molecule has 2 nitrogen and oxygen atoms in total. The van der Waals surface area contributed by atoms with E-state index in [0.717, 1.165) is 0 Å². The van der Waals surface area contributed by atoms with Crippen LogP contribution in [0.4, 0.5) is 0 Å². The van der Waals surface area contributed by atoms with Gasteiger partial charge in [0.05, 0.1) is 0 Å². The first kappa shape index (κ1) is 12.7. The van der Waals surface area contributed by atoms with E-state index in [-0.39, 0.29) is 12.0 Å². The van der Waals surface area contributed by atoms with E-state index in [0.29, 0.717) is 18.3 Å². The van der Waals surface area contributed by atoms with Crippen molar-refractivity contribution in [3.63, 3.8) is 0 Å². The Morgan fingerprint density at radius 3 is 2.33 bits per heavy atom. The maximum Gasteiger partial charge on any atom is 0.164 e. The number of ether oxygens (including phenoxy) is 1. The Morgan fingerprint density at radius 1 is 1.27 bits per heavy atom. The highest BCUT2D eigenvalue weighted by molar-refractivity contribution is 5.85. The zero-order chi connectivity index (χ0) is 11.3. The minimum absolute atomic E-state index is 0.100. The largest absolute Gasteiger partial charge is 0.370 e. The normalized spacial score (nSPS) is 20.5. The SMILES string of the molecule is CCOC(C(=O)C(C)C)C1CCCCC1. The minimum atomic E-state index is -0.129. The maximum atomic E-state index is 12.0. The minimum Gasteiger partial charge on any atom is -0.370 e. The average molecular weight is 212 g/mol. The van der Waals surface area contributed by atoms with Crippen molar-refractivity contribution in [1.82, 2.24) is 0 Å². The lowest BCUT2D eigenvalue weighted by atomic mass is 9.82. The van der Waals surface area contributed by atoms with Gasteiger partial charge in [-0.15, -0.1) is 0 Å². The van der Waals surface area contributed by atoms with Crippen LogP contribution in [0.15, 0.2) is 0 Å². The maximum absolute atomic E-state index is 12.0. The lowest BCUT2D eigenvalue weighted by Crippen LogP contribution is -2.36. The van der Waals surface area contributed by atoms with Gasteiger partial charge in [-0.05, 0) is 25.7 Å². The molecule has 15 heavy (non-hydrogen) atoms. The van der Waals surface area contributed by atoms with Crippen LogP contribution in [0.1, 0.15) is 52.9 Å². The van der Waals surface area contributed by atoms with Crippen LogP contribution in [-0.2, 0) is 9.53 Å². The molecule has 1 unspecified atom stereocenters. The summed E-state index contributed by atoms with van der Waals surface area (Å²) in [5.74, 6) is 0.876. The van der Waals surface area contributed by atoms with Gasteiger partial charge in [-0.2, -0.15) is 0 Å². The fourth-order valence-corrected chi connectivity index (χ4v) is 2.40. The molecule has 0 amide bonds. The van der Waals surface area contributed by atoms with Crippen molar-refractivity contribution < 1.29 is 9.53 Å². The van der Waals surface area contributed by atoms with Gasteiger partial charge in [0, 0.05) is 12.5 Å². The number of Topliss-reactive ketones (excluding diaryl/α,β-unsaturated/α-hetero) is 1.